The van der Waals surface area contributed by atoms with Crippen molar-refractivity contribution in [1.29, 1.82) is 0 Å². The summed E-state index contributed by atoms with van der Waals surface area (Å²) in [6, 6.07) is 11.0. The van der Waals surface area contributed by atoms with Gasteiger partial charge in [0.25, 0.3) is 5.56 Å². The average molecular weight is 438 g/mol. The first-order valence-corrected chi connectivity index (χ1v) is 11.0. The summed E-state index contributed by atoms with van der Waals surface area (Å²) < 4.78 is 12.4. The lowest BCUT2D eigenvalue weighted by Crippen LogP contribution is -2.28. The molecule has 0 saturated carbocycles. The number of hydrogen-bond acceptors (Lipinski definition) is 8. The maximum absolute atomic E-state index is 13.1. The number of aromatic nitrogens is 5. The van der Waals surface area contributed by atoms with Crippen molar-refractivity contribution in [2.75, 3.05) is 19.5 Å². The molecule has 4 aromatic rings. The summed E-state index contributed by atoms with van der Waals surface area (Å²) >= 11 is 1.55. The molecule has 0 spiro atoms. The van der Waals surface area contributed by atoms with Crippen molar-refractivity contribution in [2.24, 2.45) is 0 Å². The Hall–Kier alpha value is -3.04. The molecular formula is C22H23N5O3S. The highest BCUT2D eigenvalue weighted by Gasteiger charge is 2.16. The van der Waals surface area contributed by atoms with E-state index in [2.05, 4.69) is 15.1 Å². The van der Waals surface area contributed by atoms with E-state index < -0.39 is 0 Å². The van der Waals surface area contributed by atoms with Gasteiger partial charge in [-0.3, -0.25) is 14.3 Å². The van der Waals surface area contributed by atoms with Crippen LogP contribution in [0, 0.1) is 0 Å². The van der Waals surface area contributed by atoms with Crippen LogP contribution < -0.4 is 5.56 Å². The first-order valence-electron chi connectivity index (χ1n) is 10.0. The zero-order valence-electron chi connectivity index (χ0n) is 17.4. The molecule has 8 nitrogen and oxygen atoms in total. The number of fused-ring (bicyclic) bond motifs is 1. The third-order valence-electron chi connectivity index (χ3n) is 4.78. The number of thioether (sulfide) groups is 1. The molecule has 0 aliphatic carbocycles. The Balaban J connectivity index is 1.46. The largest absolute Gasteiger partial charge is 0.383 e. The zero-order chi connectivity index (χ0) is 21.6. The molecule has 0 radical (unpaired) electrons. The number of para-hydroxylation sites is 1. The molecular weight excluding hydrogens is 414 g/mol. The topological polar surface area (TPSA) is 95.9 Å². The van der Waals surface area contributed by atoms with Crippen molar-refractivity contribution in [2.45, 2.75) is 31.0 Å². The standard InChI is InChI=1S/C22H23N5O3S/c1-15(14-29-2)27-21(28)17-8-3-4-9-18(17)24-22(27)31-12-6-10-19-25-20(26-30-19)16-7-5-11-23-13-16/h3-5,7-9,11,13,15H,6,10,12,14H2,1-2H3. The molecule has 3 heterocycles. The van der Waals surface area contributed by atoms with Crippen LogP contribution in [0.2, 0.25) is 0 Å². The summed E-state index contributed by atoms with van der Waals surface area (Å²) in [4.78, 5) is 26.3. The van der Waals surface area contributed by atoms with Crippen LogP contribution in [0.1, 0.15) is 25.3 Å². The molecule has 0 bridgehead atoms. The summed E-state index contributed by atoms with van der Waals surface area (Å²) in [6.45, 7) is 2.40. The van der Waals surface area contributed by atoms with Crippen molar-refractivity contribution in [3.8, 4) is 11.4 Å². The molecule has 160 valence electrons. The van der Waals surface area contributed by atoms with Crippen LogP contribution in [0.4, 0.5) is 0 Å². The number of hydrogen-bond donors (Lipinski definition) is 0. The Morgan fingerprint density at radius 2 is 2.06 bits per heavy atom. The van der Waals surface area contributed by atoms with Gasteiger partial charge in [-0.05, 0) is 37.6 Å². The third-order valence-corrected chi connectivity index (χ3v) is 5.82. The Morgan fingerprint density at radius 1 is 1.19 bits per heavy atom. The maximum atomic E-state index is 13.1. The fourth-order valence-corrected chi connectivity index (χ4v) is 4.32. The highest BCUT2D eigenvalue weighted by Crippen LogP contribution is 2.23. The maximum Gasteiger partial charge on any atom is 0.262 e. The van der Waals surface area contributed by atoms with E-state index in [1.54, 1.807) is 35.8 Å². The molecule has 0 aliphatic rings. The van der Waals surface area contributed by atoms with Gasteiger partial charge in [-0.2, -0.15) is 4.98 Å². The molecule has 0 N–H and O–H groups in total. The summed E-state index contributed by atoms with van der Waals surface area (Å²) in [5.41, 5.74) is 1.48. The molecule has 1 aromatic carbocycles. The van der Waals surface area contributed by atoms with Gasteiger partial charge in [-0.1, -0.05) is 29.1 Å². The zero-order valence-corrected chi connectivity index (χ0v) is 18.2. The Morgan fingerprint density at radius 3 is 2.87 bits per heavy atom. The van der Waals surface area contributed by atoms with Gasteiger partial charge >= 0.3 is 0 Å². The van der Waals surface area contributed by atoms with E-state index in [4.69, 9.17) is 14.2 Å². The lowest BCUT2D eigenvalue weighted by Gasteiger charge is -2.18. The summed E-state index contributed by atoms with van der Waals surface area (Å²) in [6.07, 6.45) is 4.86. The molecule has 0 aliphatic heterocycles. The van der Waals surface area contributed by atoms with Crippen molar-refractivity contribution >= 4 is 22.7 Å². The molecule has 0 fully saturated rings. The predicted octanol–water partition coefficient (Wildman–Crippen LogP) is 3.77. The van der Waals surface area contributed by atoms with Crippen LogP contribution >= 0.6 is 11.8 Å². The Labute approximate surface area is 183 Å². The third kappa shape index (κ3) is 4.83. The van der Waals surface area contributed by atoms with Crippen molar-refractivity contribution in [1.82, 2.24) is 24.7 Å². The van der Waals surface area contributed by atoms with E-state index in [1.165, 1.54) is 0 Å². The first kappa shape index (κ1) is 21.2. The highest BCUT2D eigenvalue weighted by molar-refractivity contribution is 7.99. The van der Waals surface area contributed by atoms with Crippen LogP contribution in [0.3, 0.4) is 0 Å². The first-order chi connectivity index (χ1) is 15.2. The molecule has 1 unspecified atom stereocenters. The lowest BCUT2D eigenvalue weighted by atomic mass is 10.2. The minimum Gasteiger partial charge on any atom is -0.383 e. The second-order valence-corrected chi connectivity index (χ2v) is 8.16. The van der Waals surface area contributed by atoms with Gasteiger partial charge < -0.3 is 9.26 Å². The minimum absolute atomic E-state index is 0.0457. The van der Waals surface area contributed by atoms with Crippen LogP contribution in [-0.2, 0) is 11.2 Å². The van der Waals surface area contributed by atoms with E-state index in [9.17, 15) is 4.79 Å². The van der Waals surface area contributed by atoms with E-state index in [1.807, 2.05) is 43.3 Å². The van der Waals surface area contributed by atoms with Gasteiger partial charge in [-0.15, -0.1) is 0 Å². The van der Waals surface area contributed by atoms with E-state index in [0.717, 1.165) is 17.7 Å². The monoisotopic (exact) mass is 437 g/mol. The fraction of sp³-hybridized carbons (Fsp3) is 0.318. The van der Waals surface area contributed by atoms with Crippen molar-refractivity contribution in [3.63, 3.8) is 0 Å². The number of methoxy groups -OCH3 is 1. The molecule has 9 heteroatoms. The quantitative estimate of drug-likeness (QED) is 0.222. The van der Waals surface area contributed by atoms with Crippen molar-refractivity contribution in [3.05, 3.63) is 65.0 Å². The molecule has 0 saturated heterocycles. The second-order valence-electron chi connectivity index (χ2n) is 7.10. The van der Waals surface area contributed by atoms with Gasteiger partial charge in [-0.25, -0.2) is 4.98 Å². The van der Waals surface area contributed by atoms with Gasteiger partial charge in [0.1, 0.15) is 0 Å². The molecule has 1 atom stereocenters. The normalized spacial score (nSPS) is 12.3. The van der Waals surface area contributed by atoms with Gasteiger partial charge in [0, 0.05) is 37.2 Å². The van der Waals surface area contributed by atoms with Crippen LogP contribution in [0.5, 0.6) is 0 Å². The summed E-state index contributed by atoms with van der Waals surface area (Å²) in [5.74, 6) is 1.87. The summed E-state index contributed by atoms with van der Waals surface area (Å²) in [7, 11) is 1.63. The van der Waals surface area contributed by atoms with Crippen LogP contribution in [0.25, 0.3) is 22.3 Å². The fourth-order valence-electron chi connectivity index (χ4n) is 3.29. The summed E-state index contributed by atoms with van der Waals surface area (Å²) in [5, 5.41) is 5.33. The van der Waals surface area contributed by atoms with E-state index >= 15 is 0 Å². The number of aryl methyl sites for hydroxylation is 1. The lowest BCUT2D eigenvalue weighted by molar-refractivity contribution is 0.156. The SMILES string of the molecule is COCC(C)n1c(SCCCc2nc(-c3cccnc3)no2)nc2ccccc2c1=O. The number of benzene rings is 1. The van der Waals surface area contributed by atoms with Crippen molar-refractivity contribution < 1.29 is 9.26 Å². The Kier molecular flexibility index (Phi) is 6.73. The average Bonchev–Trinajstić information content (AvgIpc) is 3.27. The molecule has 4 rings (SSSR count). The Bertz CT molecular complexity index is 1210. The predicted molar refractivity (Wildman–Crippen MR) is 119 cm³/mol. The molecule has 31 heavy (non-hydrogen) atoms. The molecule has 0 amide bonds. The smallest absolute Gasteiger partial charge is 0.262 e. The molecule has 3 aromatic heterocycles. The van der Waals surface area contributed by atoms with E-state index in [0.29, 0.717) is 40.8 Å². The van der Waals surface area contributed by atoms with E-state index in [-0.39, 0.29) is 11.6 Å². The van der Waals surface area contributed by atoms with Gasteiger partial charge in [0.15, 0.2) is 5.16 Å². The van der Waals surface area contributed by atoms with Gasteiger partial charge in [0.05, 0.1) is 23.6 Å². The number of nitrogens with zero attached hydrogens (tertiary/aromatic N) is 5. The van der Waals surface area contributed by atoms with Gasteiger partial charge in [0.2, 0.25) is 11.7 Å². The van der Waals surface area contributed by atoms with Crippen LogP contribution in [0.15, 0.2) is 63.3 Å². The highest BCUT2D eigenvalue weighted by atomic mass is 32.2. The minimum atomic E-state index is -0.116. The number of rotatable bonds is 9. The van der Waals surface area contributed by atoms with Crippen LogP contribution in [-0.4, -0.2) is 44.1 Å². The number of ether oxygens (including phenoxy) is 1. The second kappa shape index (κ2) is 9.84. The number of pyridine rings is 1.